The standard InChI is InChI=1S/C9H11BrN2O/c1-13-8-5-12(6-8)9-4-7(10)2-3-11-9/h2-4,8H,5-6H2,1H3/i1D3,2D,3D,4D,5D2,6D2,8D. The van der Waals surface area contributed by atoms with Crippen molar-refractivity contribution < 1.29 is 19.8 Å². The Labute approximate surface area is 101 Å². The molecule has 0 aromatic carbocycles. The maximum Gasteiger partial charge on any atom is 0.129 e. The van der Waals surface area contributed by atoms with Gasteiger partial charge in [0.1, 0.15) is 5.82 Å². The molecule has 3 nitrogen and oxygen atoms in total. The van der Waals surface area contributed by atoms with Crippen molar-refractivity contribution >= 4 is 21.7 Å². The first kappa shape index (κ1) is 2.70. The molecule has 0 bridgehead atoms. The van der Waals surface area contributed by atoms with Crippen LogP contribution >= 0.6 is 15.9 Å². The fourth-order valence-electron chi connectivity index (χ4n) is 0.748. The van der Waals surface area contributed by atoms with Gasteiger partial charge in [0.15, 0.2) is 0 Å². The SMILES string of the molecule is [2H]c1nc(N2C([2H])([2H])C([2H])(OC([2H])([2H])[2H])C2([2H])[2H])c([2H])c(Br)c1[2H]. The van der Waals surface area contributed by atoms with Crippen LogP contribution in [0.25, 0.3) is 0 Å². The molecule has 0 spiro atoms. The number of nitrogens with zero attached hydrogens (tertiary/aromatic N) is 2. The van der Waals surface area contributed by atoms with Crippen molar-refractivity contribution in [1.82, 2.24) is 4.98 Å². The average molecular weight is 254 g/mol. The Morgan fingerprint density at radius 3 is 3.62 bits per heavy atom. The first-order chi connectivity index (χ1) is 10.6. The smallest absolute Gasteiger partial charge is 0.129 e. The van der Waals surface area contributed by atoms with Gasteiger partial charge in [0.25, 0.3) is 0 Å². The Bertz CT molecular complexity index is 675. The predicted molar refractivity (Wildman–Crippen MR) is 54.9 cm³/mol. The van der Waals surface area contributed by atoms with Crippen LogP contribution in [-0.4, -0.2) is 31.1 Å². The molecule has 2 rings (SSSR count). The van der Waals surface area contributed by atoms with Gasteiger partial charge in [-0.3, -0.25) is 0 Å². The van der Waals surface area contributed by atoms with E-state index in [4.69, 9.17) is 15.1 Å². The quantitative estimate of drug-likeness (QED) is 0.802. The van der Waals surface area contributed by atoms with Crippen molar-refractivity contribution in [2.75, 3.05) is 24.9 Å². The van der Waals surface area contributed by atoms with Gasteiger partial charge in [0.05, 0.1) is 21.2 Å². The van der Waals surface area contributed by atoms with Gasteiger partial charge >= 0.3 is 0 Å². The zero-order valence-corrected chi connectivity index (χ0v) is 7.77. The molecule has 1 aliphatic heterocycles. The zero-order valence-electron chi connectivity index (χ0n) is 17.2. The van der Waals surface area contributed by atoms with Gasteiger partial charge in [-0.2, -0.15) is 0 Å². The van der Waals surface area contributed by atoms with E-state index in [0.717, 1.165) is 0 Å². The van der Waals surface area contributed by atoms with Gasteiger partial charge < -0.3 is 9.64 Å². The molecule has 1 saturated heterocycles. The Morgan fingerprint density at radius 1 is 2.00 bits per heavy atom. The number of hydrogen-bond acceptors (Lipinski definition) is 3. The maximum atomic E-state index is 7.89. The zero-order chi connectivity index (χ0) is 18.9. The van der Waals surface area contributed by atoms with E-state index in [-0.39, 0.29) is 9.37 Å². The molecule has 0 atom stereocenters. The number of aromatic nitrogens is 1. The largest absolute Gasteiger partial charge is 0.378 e. The minimum atomic E-state index is -3.22. The number of anilines is 1. The summed E-state index contributed by atoms with van der Waals surface area (Å²) in [5.41, 5.74) is 0. The summed E-state index contributed by atoms with van der Waals surface area (Å²) in [5.74, 6) is -0.644. The van der Waals surface area contributed by atoms with Crippen LogP contribution in [0.3, 0.4) is 0 Å². The second kappa shape index (κ2) is 3.64. The Morgan fingerprint density at radius 2 is 2.85 bits per heavy atom. The predicted octanol–water partition coefficient (Wildman–Crippen LogP) is 1.68. The van der Waals surface area contributed by atoms with Gasteiger partial charge in [-0.25, -0.2) is 4.98 Å². The van der Waals surface area contributed by atoms with Crippen LogP contribution < -0.4 is 4.90 Å². The summed E-state index contributed by atoms with van der Waals surface area (Å²) in [5, 5.41) is 0. The van der Waals surface area contributed by atoms with Crippen molar-refractivity contribution in [3.05, 3.63) is 22.7 Å². The average Bonchev–Trinajstić information content (AvgIpc) is 2.39. The second-order valence-corrected chi connectivity index (χ2v) is 2.89. The van der Waals surface area contributed by atoms with E-state index in [9.17, 15) is 0 Å². The minimum absolute atomic E-state index is 0.205. The van der Waals surface area contributed by atoms with E-state index in [1.807, 2.05) is 0 Å². The Balaban J connectivity index is 2.59. The molecular weight excluding hydrogens is 232 g/mol. The summed E-state index contributed by atoms with van der Waals surface area (Å²) in [6.45, 7) is -5.99. The van der Waals surface area contributed by atoms with E-state index in [1.165, 1.54) is 0 Å². The molecule has 13 heavy (non-hydrogen) atoms. The molecule has 0 amide bonds. The summed E-state index contributed by atoms with van der Waals surface area (Å²) in [7, 11) is -3.22. The van der Waals surface area contributed by atoms with E-state index in [2.05, 4.69) is 25.7 Å². The van der Waals surface area contributed by atoms with Crippen LogP contribution in [0.1, 0.15) is 15.1 Å². The molecule has 1 aromatic rings. The highest BCUT2D eigenvalue weighted by atomic mass is 79.9. The summed E-state index contributed by atoms with van der Waals surface area (Å²) >= 11 is 2.88. The fraction of sp³-hybridized carbons (Fsp3) is 0.444. The lowest BCUT2D eigenvalue weighted by Gasteiger charge is -2.38. The normalized spacial score (nSPS) is 40.7. The van der Waals surface area contributed by atoms with Crippen LogP contribution in [0.2, 0.25) is 0 Å². The maximum absolute atomic E-state index is 7.89. The topological polar surface area (TPSA) is 25.4 Å². The number of methoxy groups -OCH3 is 1. The Kier molecular flexibility index (Phi) is 0.756. The van der Waals surface area contributed by atoms with Crippen molar-refractivity contribution in [2.45, 2.75) is 6.08 Å². The third kappa shape index (κ3) is 1.84. The lowest BCUT2D eigenvalue weighted by atomic mass is 10.1. The van der Waals surface area contributed by atoms with Gasteiger partial charge in [-0.15, -0.1) is 0 Å². The number of pyridine rings is 1. The molecule has 1 aromatic heterocycles. The lowest BCUT2D eigenvalue weighted by molar-refractivity contribution is 0.0783. The molecule has 1 fully saturated rings. The van der Waals surface area contributed by atoms with Crippen molar-refractivity contribution in [3.63, 3.8) is 0 Å². The van der Waals surface area contributed by atoms with Crippen LogP contribution in [0.5, 0.6) is 0 Å². The second-order valence-electron chi connectivity index (χ2n) is 2.10. The van der Waals surface area contributed by atoms with Crippen LogP contribution in [-0.2, 0) is 4.74 Å². The van der Waals surface area contributed by atoms with Gasteiger partial charge in [-0.05, 0) is 12.1 Å². The van der Waals surface area contributed by atoms with Crippen molar-refractivity contribution in [1.29, 1.82) is 0 Å². The molecule has 2 heterocycles. The molecule has 1 aliphatic rings. The number of ether oxygens (including phenoxy) is 1. The Hall–Kier alpha value is -0.610. The third-order valence-electron chi connectivity index (χ3n) is 1.29. The first-order valence-corrected chi connectivity index (χ1v) is 4.01. The molecule has 0 saturated carbocycles. The van der Waals surface area contributed by atoms with E-state index in [1.54, 1.807) is 0 Å². The third-order valence-corrected chi connectivity index (χ3v) is 1.69. The van der Waals surface area contributed by atoms with Gasteiger partial charge in [-0.1, -0.05) is 15.9 Å². The monoisotopic (exact) mass is 253 g/mol. The molecule has 0 aliphatic carbocycles. The summed E-state index contributed by atoms with van der Waals surface area (Å²) in [6.07, 6.45) is -3.76. The van der Waals surface area contributed by atoms with Gasteiger partial charge in [0, 0.05) is 30.7 Å². The number of rotatable bonds is 2. The molecule has 4 heteroatoms. The van der Waals surface area contributed by atoms with Crippen molar-refractivity contribution in [2.24, 2.45) is 0 Å². The fourth-order valence-corrected chi connectivity index (χ4v) is 1.01. The lowest BCUT2D eigenvalue weighted by Crippen LogP contribution is -2.52. The van der Waals surface area contributed by atoms with Crippen LogP contribution in [0.15, 0.2) is 22.7 Å². The number of hydrogen-bond donors (Lipinski definition) is 0. The summed E-state index contributed by atoms with van der Waals surface area (Å²) < 4.78 is 87.5. The van der Waals surface area contributed by atoms with E-state index >= 15 is 0 Å². The van der Waals surface area contributed by atoms with Gasteiger partial charge in [0.2, 0.25) is 0 Å². The molecule has 0 unspecified atom stereocenters. The molecule has 0 N–H and O–H groups in total. The molecule has 70 valence electrons. The van der Waals surface area contributed by atoms with Crippen LogP contribution in [0, 0.1) is 0 Å². The minimum Gasteiger partial charge on any atom is -0.378 e. The molecule has 0 radical (unpaired) electrons. The highest BCUT2D eigenvalue weighted by molar-refractivity contribution is 9.10. The highest BCUT2D eigenvalue weighted by Gasteiger charge is 2.27. The highest BCUT2D eigenvalue weighted by Crippen LogP contribution is 2.22. The first-order valence-electron chi connectivity index (χ1n) is 8.72. The molecular formula is C9H11BrN2O. The number of halogens is 1. The van der Waals surface area contributed by atoms with Crippen LogP contribution in [0.4, 0.5) is 5.82 Å². The van der Waals surface area contributed by atoms with E-state index in [0.29, 0.717) is 0 Å². The van der Waals surface area contributed by atoms with E-state index < -0.39 is 50.2 Å². The summed E-state index contributed by atoms with van der Waals surface area (Å²) in [6, 6.07) is -1.01. The summed E-state index contributed by atoms with van der Waals surface area (Å²) in [4.78, 5) is 3.80. The van der Waals surface area contributed by atoms with Crippen molar-refractivity contribution in [3.8, 4) is 0 Å².